The van der Waals surface area contributed by atoms with Gasteiger partial charge in [-0.2, -0.15) is 0 Å². The van der Waals surface area contributed by atoms with E-state index in [1.807, 2.05) is 20.8 Å². The van der Waals surface area contributed by atoms with E-state index in [0.29, 0.717) is 36.9 Å². The molecule has 2 aliphatic heterocycles. The van der Waals surface area contributed by atoms with Crippen LogP contribution in [0.5, 0.6) is 11.6 Å². The van der Waals surface area contributed by atoms with Crippen LogP contribution in [0.1, 0.15) is 71.7 Å². The molecule has 2 atom stereocenters. The van der Waals surface area contributed by atoms with Crippen molar-refractivity contribution < 1.29 is 19.0 Å². The van der Waals surface area contributed by atoms with Crippen LogP contribution in [0.4, 0.5) is 10.2 Å². The van der Waals surface area contributed by atoms with Crippen LogP contribution in [0.2, 0.25) is 0 Å². The predicted octanol–water partition coefficient (Wildman–Crippen LogP) is 4.30. The molecule has 1 amide bonds. The molecule has 238 valence electrons. The summed E-state index contributed by atoms with van der Waals surface area (Å²) in [5.74, 6) is 0.605. The lowest BCUT2D eigenvalue weighted by Crippen LogP contribution is -2.62. The number of rotatable bonds is 13. The first-order chi connectivity index (χ1) is 20.3. The van der Waals surface area contributed by atoms with Crippen LogP contribution < -0.4 is 9.64 Å². The number of carbonyl (C=O) groups excluding carboxylic acids is 1. The summed E-state index contributed by atoms with van der Waals surface area (Å²) in [6.45, 7) is 19.2. The number of benzene rings is 1. The fraction of sp³-hybridized carbons (Fsp3) is 0.688. The molecule has 4 rings (SSSR count). The topological polar surface area (TPSA) is 98.2 Å². The summed E-state index contributed by atoms with van der Waals surface area (Å²) < 4.78 is 20.4. The smallest absolute Gasteiger partial charge is 0.282 e. The van der Waals surface area contributed by atoms with E-state index in [2.05, 4.69) is 64.6 Å². The molecule has 1 aromatic carbocycles. The number of aliphatic hydroxyl groups excluding tert-OH is 1. The van der Waals surface area contributed by atoms with Gasteiger partial charge in [0.1, 0.15) is 17.9 Å². The number of hydrogen-bond acceptors (Lipinski definition) is 9. The number of nitrogens with zero attached hydrogens (tertiary/aromatic N) is 7. The van der Waals surface area contributed by atoms with Crippen molar-refractivity contribution in [1.82, 2.24) is 29.9 Å². The monoisotopic (exact) mass is 599 g/mol. The molecular formula is C32H50FN7O3. The standard InChI is InChI=1S/C32H50FN7O3/c1-9-40(23(6)7)31(42)26-14-24(33)10-11-28(26)43-30-29(34-20-35-36-30)38-13-12-32(17-38)18-39(19-32)27(21(2)3)15-25(41)16-37(8)22(4)5/h10-11,14,20-23,25,27,41H,9,12-13,15-19H2,1-8H3. The van der Waals surface area contributed by atoms with E-state index in [0.717, 1.165) is 39.0 Å². The highest BCUT2D eigenvalue weighted by atomic mass is 19.1. The zero-order chi connectivity index (χ0) is 31.5. The Morgan fingerprint density at radius 1 is 1.14 bits per heavy atom. The first kappa shape index (κ1) is 33.0. The summed E-state index contributed by atoms with van der Waals surface area (Å²) in [6, 6.07) is 4.61. The third kappa shape index (κ3) is 7.61. The molecule has 0 radical (unpaired) electrons. The lowest BCUT2D eigenvalue weighted by molar-refractivity contribution is -0.0487. The Hall–Kier alpha value is -2.89. The summed E-state index contributed by atoms with van der Waals surface area (Å²) in [4.78, 5) is 26.4. The minimum Gasteiger partial charge on any atom is -0.434 e. The lowest BCUT2D eigenvalue weighted by atomic mass is 9.76. The van der Waals surface area contributed by atoms with Gasteiger partial charge < -0.3 is 24.5 Å². The van der Waals surface area contributed by atoms with Crippen molar-refractivity contribution in [2.75, 3.05) is 51.2 Å². The van der Waals surface area contributed by atoms with E-state index in [1.165, 1.54) is 24.5 Å². The van der Waals surface area contributed by atoms with Crippen molar-refractivity contribution in [1.29, 1.82) is 0 Å². The predicted molar refractivity (Wildman–Crippen MR) is 166 cm³/mol. The van der Waals surface area contributed by atoms with Crippen LogP contribution in [0.15, 0.2) is 24.5 Å². The number of halogens is 1. The second-order valence-electron chi connectivity index (χ2n) is 13.3. The number of amides is 1. The average molecular weight is 600 g/mol. The number of anilines is 1. The first-order valence-electron chi connectivity index (χ1n) is 15.7. The van der Waals surface area contributed by atoms with Crippen LogP contribution in [0, 0.1) is 17.2 Å². The maximum absolute atomic E-state index is 14.3. The second kappa shape index (κ2) is 13.8. The summed E-state index contributed by atoms with van der Waals surface area (Å²) in [5, 5.41) is 19.0. The summed E-state index contributed by atoms with van der Waals surface area (Å²) in [6.07, 6.45) is 2.80. The van der Waals surface area contributed by atoms with Crippen LogP contribution in [0.25, 0.3) is 0 Å². The van der Waals surface area contributed by atoms with Gasteiger partial charge >= 0.3 is 0 Å². The van der Waals surface area contributed by atoms with Crippen LogP contribution >= 0.6 is 0 Å². The SMILES string of the molecule is CCN(C(=O)c1cc(F)ccc1Oc1nncnc1N1CCC2(C1)CN(C(CC(O)CN(C)C(C)C)C(C)C)C2)C(C)C. The molecule has 0 saturated carbocycles. The molecule has 0 aliphatic carbocycles. The minimum atomic E-state index is -0.511. The summed E-state index contributed by atoms with van der Waals surface area (Å²) in [5.41, 5.74) is 0.270. The van der Waals surface area contributed by atoms with Gasteiger partial charge in [-0.25, -0.2) is 9.37 Å². The molecule has 2 aliphatic rings. The van der Waals surface area contributed by atoms with Crippen LogP contribution in [0.3, 0.4) is 0 Å². The number of likely N-dealkylation sites (N-methyl/N-ethyl adjacent to an activating group) is 1. The molecule has 43 heavy (non-hydrogen) atoms. The molecule has 2 unspecified atom stereocenters. The molecule has 11 heteroatoms. The highest BCUT2D eigenvalue weighted by Gasteiger charge is 2.50. The number of carbonyl (C=O) groups is 1. The van der Waals surface area contributed by atoms with E-state index in [9.17, 15) is 14.3 Å². The molecule has 0 bridgehead atoms. The van der Waals surface area contributed by atoms with Crippen LogP contribution in [-0.4, -0.2) is 111 Å². The summed E-state index contributed by atoms with van der Waals surface area (Å²) >= 11 is 0. The van der Waals surface area contributed by atoms with Crippen LogP contribution in [-0.2, 0) is 0 Å². The van der Waals surface area contributed by atoms with E-state index in [1.54, 1.807) is 4.90 Å². The van der Waals surface area contributed by atoms with Gasteiger partial charge in [-0.3, -0.25) is 9.69 Å². The maximum atomic E-state index is 14.3. The molecule has 2 aromatic rings. The quantitative estimate of drug-likeness (QED) is 0.361. The van der Waals surface area contributed by atoms with Gasteiger partial charge in [0.2, 0.25) is 0 Å². The van der Waals surface area contributed by atoms with E-state index in [-0.39, 0.29) is 40.7 Å². The zero-order valence-electron chi connectivity index (χ0n) is 27.1. The van der Waals surface area contributed by atoms with Crippen molar-refractivity contribution in [3.05, 3.63) is 35.9 Å². The third-order valence-corrected chi connectivity index (χ3v) is 9.12. The van der Waals surface area contributed by atoms with E-state index < -0.39 is 5.82 Å². The summed E-state index contributed by atoms with van der Waals surface area (Å²) in [7, 11) is 2.06. The van der Waals surface area contributed by atoms with Gasteiger partial charge in [-0.15, -0.1) is 10.2 Å². The lowest BCUT2D eigenvalue weighted by Gasteiger charge is -2.53. The Morgan fingerprint density at radius 3 is 2.49 bits per heavy atom. The Morgan fingerprint density at radius 2 is 1.86 bits per heavy atom. The first-order valence-corrected chi connectivity index (χ1v) is 15.7. The molecule has 2 saturated heterocycles. The number of aromatic nitrogens is 3. The molecule has 2 fully saturated rings. The van der Waals surface area contributed by atoms with Gasteiger partial charge in [-0.1, -0.05) is 13.8 Å². The Bertz CT molecular complexity index is 1240. The van der Waals surface area contributed by atoms with Crippen molar-refractivity contribution >= 4 is 11.7 Å². The van der Waals surface area contributed by atoms with Gasteiger partial charge in [0.15, 0.2) is 5.82 Å². The average Bonchev–Trinajstić information content (AvgIpc) is 3.38. The third-order valence-electron chi connectivity index (χ3n) is 9.12. The zero-order valence-corrected chi connectivity index (χ0v) is 27.1. The van der Waals surface area contributed by atoms with Gasteiger partial charge in [0.05, 0.1) is 11.7 Å². The highest BCUT2D eigenvalue weighted by molar-refractivity contribution is 5.97. The molecular weight excluding hydrogens is 549 g/mol. The molecule has 1 aromatic heterocycles. The maximum Gasteiger partial charge on any atom is 0.282 e. The fourth-order valence-electron chi connectivity index (χ4n) is 6.47. The Balaban J connectivity index is 1.45. The van der Waals surface area contributed by atoms with Crippen molar-refractivity contribution in [3.63, 3.8) is 0 Å². The van der Waals surface area contributed by atoms with Crippen molar-refractivity contribution in [2.45, 2.75) is 85.5 Å². The molecule has 3 heterocycles. The number of hydrogen-bond donors (Lipinski definition) is 1. The van der Waals surface area contributed by atoms with Gasteiger partial charge in [0, 0.05) is 62.8 Å². The van der Waals surface area contributed by atoms with Gasteiger partial charge in [0.25, 0.3) is 11.8 Å². The second-order valence-corrected chi connectivity index (χ2v) is 13.3. The molecule has 10 nitrogen and oxygen atoms in total. The Labute approximate surface area is 256 Å². The van der Waals surface area contributed by atoms with E-state index in [4.69, 9.17) is 4.74 Å². The van der Waals surface area contributed by atoms with Crippen molar-refractivity contribution in [2.24, 2.45) is 11.3 Å². The minimum absolute atomic E-state index is 0.0508. The number of likely N-dealkylation sites (tertiary alicyclic amines) is 1. The molecule has 1 N–H and O–H groups in total. The normalized spacial score (nSPS) is 18.1. The fourth-order valence-corrected chi connectivity index (χ4v) is 6.47. The van der Waals surface area contributed by atoms with Gasteiger partial charge in [-0.05, 0) is 78.6 Å². The molecule has 1 spiro atoms. The number of aliphatic hydroxyl groups is 1. The Kier molecular flexibility index (Phi) is 10.6. The van der Waals surface area contributed by atoms with E-state index >= 15 is 0 Å². The highest BCUT2D eigenvalue weighted by Crippen LogP contribution is 2.44. The van der Waals surface area contributed by atoms with Crippen molar-refractivity contribution in [3.8, 4) is 11.6 Å². The largest absolute Gasteiger partial charge is 0.434 e. The number of ether oxygens (including phenoxy) is 1.